The Balaban J connectivity index is -0.000000781. The molecule has 2 rings (SSSR count). The van der Waals surface area contributed by atoms with E-state index in [4.69, 9.17) is 80.2 Å². The second-order valence-electron chi connectivity index (χ2n) is 14.2. The highest BCUT2D eigenvalue weighted by Gasteiger charge is 2.31. The van der Waals surface area contributed by atoms with Gasteiger partial charge in [-0.3, -0.25) is 43.2 Å². The largest absolute Gasteiger partial charge is 0.481 e. The Labute approximate surface area is 372 Å². The van der Waals surface area contributed by atoms with Crippen LogP contribution in [-0.4, -0.2) is 168 Å². The molecule has 1 fully saturated rings. The lowest BCUT2D eigenvalue weighted by molar-refractivity contribution is -0.163. The number of esters is 4. The molecule has 0 bridgehead atoms. The number of carboxylic acids is 6. The van der Waals surface area contributed by atoms with E-state index in [1.54, 1.807) is 6.20 Å². The van der Waals surface area contributed by atoms with E-state index in [-0.39, 0.29) is 37.8 Å². The molecule has 65 heavy (non-hydrogen) atoms. The monoisotopic (exact) mass is 940 g/mol. The standard InChI is InChI=1S/C14H27N3O6.C7H12N2O3.C6H9N3O2.C5H9NO4.C4H7NO4/c1-6(2)5-9(15)13(20)22-8(4)11(17)14(21)23-7(3)10(16)12(18)19;8-4-6(10)12-7(11)5-2-1-3-9-5;7-5(6(10)11)1-4-2-8-3-9-4;6-3(5(9)10)1-2-4(7)8;5-2(4(8)9)1-3(6)7/h6-11H,5,15-17H2,1-4H3,(H,18,19);5,9H,1-4,8H2;2-3,5H,1,7H2,(H,8,9)(H,10,11);3H,1-2,6H2,(H,7,8)(H,9,10);2H,1,5H2,(H,6,7)(H,8,9)/t7-,8-,9+,10+,11+;2*5-;3-;2-/m10000/s1. The van der Waals surface area contributed by atoms with Crippen molar-refractivity contribution in [2.75, 3.05) is 13.1 Å². The van der Waals surface area contributed by atoms with Crippen molar-refractivity contribution in [1.82, 2.24) is 15.3 Å². The van der Waals surface area contributed by atoms with Crippen molar-refractivity contribution in [2.45, 2.75) is 127 Å². The minimum Gasteiger partial charge on any atom is -0.481 e. The maximum Gasteiger partial charge on any atom is 0.330 e. The molecule has 0 radical (unpaired) electrons. The number of nitrogens with one attached hydrogen (secondary N) is 2. The molecule has 29 heteroatoms. The lowest BCUT2D eigenvalue weighted by atomic mass is 10.0. The lowest BCUT2D eigenvalue weighted by Crippen LogP contribution is -2.49. The molecular weight excluding hydrogens is 876 g/mol. The summed E-state index contributed by atoms with van der Waals surface area (Å²) in [7, 11) is 0. The van der Waals surface area contributed by atoms with Gasteiger partial charge < -0.3 is 95.3 Å². The van der Waals surface area contributed by atoms with Crippen LogP contribution in [-0.2, 0) is 68.6 Å². The predicted octanol–water partition coefficient (Wildman–Crippen LogP) is -4.77. The van der Waals surface area contributed by atoms with E-state index in [0.29, 0.717) is 6.42 Å². The van der Waals surface area contributed by atoms with Gasteiger partial charge in [-0.25, -0.2) is 9.78 Å². The fraction of sp³-hybridized carbons (Fsp3) is 0.639. The maximum absolute atomic E-state index is 11.8. The fourth-order valence-corrected chi connectivity index (χ4v) is 4.18. The van der Waals surface area contributed by atoms with Gasteiger partial charge in [-0.2, -0.15) is 0 Å². The molecule has 1 saturated heterocycles. The number of aliphatic carboxylic acids is 6. The zero-order valence-electron chi connectivity index (χ0n) is 36.3. The number of hydrogen-bond donors (Lipinski definition) is 15. The number of H-pyrrole nitrogens is 1. The van der Waals surface area contributed by atoms with Crippen LogP contribution in [0.4, 0.5) is 0 Å². The molecule has 0 unspecified atom stereocenters. The number of aromatic nitrogens is 2. The highest BCUT2D eigenvalue weighted by atomic mass is 16.6. The van der Waals surface area contributed by atoms with E-state index >= 15 is 0 Å². The summed E-state index contributed by atoms with van der Waals surface area (Å²) in [6, 6.07) is -6.97. The average Bonchev–Trinajstić information content (AvgIpc) is 3.95. The Hall–Kier alpha value is -6.21. The Bertz CT molecular complexity index is 1660. The average molecular weight is 941 g/mol. The molecule has 1 aliphatic heterocycles. The van der Waals surface area contributed by atoms with Crippen LogP contribution in [0, 0.1) is 5.92 Å². The normalized spacial score (nSPS) is 16.2. The third-order valence-electron chi connectivity index (χ3n) is 7.94. The van der Waals surface area contributed by atoms with Crippen LogP contribution in [0.5, 0.6) is 0 Å². The zero-order valence-corrected chi connectivity index (χ0v) is 36.3. The van der Waals surface area contributed by atoms with Gasteiger partial charge in [0.05, 0.1) is 19.3 Å². The Kier molecular flexibility index (Phi) is 33.2. The summed E-state index contributed by atoms with van der Waals surface area (Å²) < 4.78 is 14.3. The van der Waals surface area contributed by atoms with E-state index in [9.17, 15) is 47.9 Å². The van der Waals surface area contributed by atoms with E-state index < -0.39 is 115 Å². The molecular formula is C36H64N10O19. The second kappa shape index (κ2) is 34.2. The van der Waals surface area contributed by atoms with Gasteiger partial charge in [0, 0.05) is 24.7 Å². The zero-order chi connectivity index (χ0) is 51.1. The molecule has 0 spiro atoms. The predicted molar refractivity (Wildman–Crippen MR) is 222 cm³/mol. The van der Waals surface area contributed by atoms with Crippen LogP contribution in [0.2, 0.25) is 0 Å². The molecule has 0 aliphatic carbocycles. The lowest BCUT2D eigenvalue weighted by Gasteiger charge is -2.24. The first-order chi connectivity index (χ1) is 30.0. The molecule has 1 aromatic rings. The molecule has 2 heterocycles. The quantitative estimate of drug-likeness (QED) is 0.0312. The van der Waals surface area contributed by atoms with Gasteiger partial charge in [0.2, 0.25) is 0 Å². The minimum absolute atomic E-state index is 0.0231. The molecule has 0 amide bonds. The van der Waals surface area contributed by atoms with Crippen molar-refractivity contribution >= 4 is 59.7 Å². The molecule has 22 N–H and O–H groups in total. The van der Waals surface area contributed by atoms with Gasteiger partial charge in [0.25, 0.3) is 0 Å². The first-order valence-corrected chi connectivity index (χ1v) is 19.4. The first-order valence-electron chi connectivity index (χ1n) is 19.4. The van der Waals surface area contributed by atoms with Gasteiger partial charge in [-0.15, -0.1) is 0 Å². The van der Waals surface area contributed by atoms with E-state index in [0.717, 1.165) is 25.1 Å². The van der Waals surface area contributed by atoms with Crippen molar-refractivity contribution in [3.8, 4) is 0 Å². The Morgan fingerprint density at radius 3 is 1.62 bits per heavy atom. The molecule has 0 aromatic carbocycles. The van der Waals surface area contributed by atoms with Crippen molar-refractivity contribution in [3.05, 3.63) is 18.2 Å². The third kappa shape index (κ3) is 32.2. The molecule has 29 nitrogen and oxygen atoms in total. The van der Waals surface area contributed by atoms with Crippen molar-refractivity contribution in [3.63, 3.8) is 0 Å². The van der Waals surface area contributed by atoms with E-state index in [2.05, 4.69) is 20.0 Å². The van der Waals surface area contributed by atoms with Crippen LogP contribution in [0.15, 0.2) is 12.5 Å². The fourth-order valence-electron chi connectivity index (χ4n) is 4.18. The number of carbonyl (C=O) groups is 10. The van der Waals surface area contributed by atoms with Crippen molar-refractivity contribution < 1.29 is 92.8 Å². The Morgan fingerprint density at radius 2 is 1.23 bits per heavy atom. The summed E-state index contributed by atoms with van der Waals surface area (Å²) in [4.78, 5) is 112. The van der Waals surface area contributed by atoms with Crippen LogP contribution in [0.25, 0.3) is 0 Å². The smallest absolute Gasteiger partial charge is 0.330 e. The highest BCUT2D eigenvalue weighted by molar-refractivity contribution is 5.89. The van der Waals surface area contributed by atoms with Crippen molar-refractivity contribution in [1.29, 1.82) is 0 Å². The van der Waals surface area contributed by atoms with E-state index in [1.165, 1.54) is 20.2 Å². The maximum atomic E-state index is 11.8. The summed E-state index contributed by atoms with van der Waals surface area (Å²) in [6.45, 7) is 7.13. The summed E-state index contributed by atoms with van der Waals surface area (Å²) >= 11 is 0. The summed E-state index contributed by atoms with van der Waals surface area (Å²) in [6.07, 6.45) is 2.65. The minimum atomic E-state index is -1.37. The molecule has 372 valence electrons. The summed E-state index contributed by atoms with van der Waals surface area (Å²) in [5, 5.41) is 52.4. The molecule has 0 saturated carbocycles. The number of rotatable bonds is 21. The second-order valence-corrected chi connectivity index (χ2v) is 14.2. The molecule has 1 aromatic heterocycles. The number of imidazole rings is 1. The summed E-state index contributed by atoms with van der Waals surface area (Å²) in [5.41, 5.74) is 37.5. The molecule has 9 atom stereocenters. The van der Waals surface area contributed by atoms with Gasteiger partial charge in [-0.1, -0.05) is 13.8 Å². The van der Waals surface area contributed by atoms with Gasteiger partial charge in [-0.05, 0) is 52.0 Å². The number of aromatic amines is 1. The highest BCUT2D eigenvalue weighted by Crippen LogP contribution is 2.09. The topological polar surface area (TPSA) is 543 Å². The number of hydrogen-bond acceptors (Lipinski definition) is 22. The SMILES string of the molecule is CC(C)C[C@H](N)C(=O)O[C@H](C)[C@H](N)C(=O)O[C@H](C)[C@H](N)C(=O)O.NCC(=O)OC(=O)[C@@H]1CCCN1.N[C@@H](CC(=O)O)C(=O)O.N[C@@H](CCC(=O)O)C(=O)O.N[C@@H](Cc1cnc[nH]1)C(=O)O. The number of nitrogens with zero attached hydrogens (tertiary/aromatic N) is 1. The van der Waals surface area contributed by atoms with Gasteiger partial charge in [0.1, 0.15) is 54.5 Å². The van der Waals surface area contributed by atoms with Crippen LogP contribution in [0.3, 0.4) is 0 Å². The van der Waals surface area contributed by atoms with Crippen LogP contribution in [0.1, 0.15) is 71.9 Å². The number of carbonyl (C=O) groups excluding carboxylic acids is 4. The Morgan fingerprint density at radius 1 is 0.708 bits per heavy atom. The molecule has 1 aliphatic rings. The first kappa shape index (κ1) is 63.1. The van der Waals surface area contributed by atoms with Gasteiger partial charge in [0.15, 0.2) is 0 Å². The summed E-state index contributed by atoms with van der Waals surface area (Å²) in [5.74, 6) is -9.55. The van der Waals surface area contributed by atoms with Gasteiger partial charge >= 0.3 is 59.7 Å². The van der Waals surface area contributed by atoms with Crippen LogP contribution >= 0.6 is 0 Å². The number of carboxylic acid groups (broad SMARTS) is 6. The number of ether oxygens (including phenoxy) is 3. The van der Waals surface area contributed by atoms with Crippen LogP contribution < -0.4 is 45.5 Å². The van der Waals surface area contributed by atoms with E-state index in [1.807, 2.05) is 13.8 Å². The van der Waals surface area contributed by atoms with Crippen molar-refractivity contribution in [2.24, 2.45) is 46.1 Å². The third-order valence-corrected chi connectivity index (χ3v) is 7.94. The number of nitrogens with two attached hydrogens (primary N) is 7.